The van der Waals surface area contributed by atoms with Crippen LogP contribution < -0.4 is 0 Å². The molecule has 1 rings (SSSR count). The molecule has 0 heterocycles. The molecule has 1 aromatic carbocycles. The third kappa shape index (κ3) is 1.45. The number of nitrogens with zero attached hydrogens (tertiary/aromatic N) is 1. The maximum absolute atomic E-state index is 10.9. The predicted molar refractivity (Wildman–Crippen MR) is 44.7 cm³/mol. The Bertz CT molecular complexity index is 331. The van der Waals surface area contributed by atoms with Gasteiger partial charge in [-0.3, -0.25) is 9.59 Å². The molecule has 3 heteroatoms. The molecule has 0 bridgehead atoms. The van der Waals surface area contributed by atoms with Crippen molar-refractivity contribution in [2.75, 3.05) is 0 Å². The molecule has 12 heavy (non-hydrogen) atoms. The van der Waals surface area contributed by atoms with Crippen molar-refractivity contribution in [1.29, 1.82) is 0 Å². The number of hydrogen-bond donors (Lipinski definition) is 0. The monoisotopic (exact) mass is 160 g/mol. The van der Waals surface area contributed by atoms with Gasteiger partial charge in [-0.1, -0.05) is 18.2 Å². The molecule has 1 aromatic rings. The van der Waals surface area contributed by atoms with Crippen LogP contribution in [0.1, 0.15) is 20.7 Å². The summed E-state index contributed by atoms with van der Waals surface area (Å²) in [7, 11) is 0. The van der Waals surface area contributed by atoms with E-state index in [0.29, 0.717) is 11.8 Å². The molecule has 0 aromatic heterocycles. The molecule has 1 radical (unpaired) electrons. The summed E-state index contributed by atoms with van der Waals surface area (Å²) in [5, 5.41) is 0. The first-order chi connectivity index (χ1) is 5.79. The fourth-order valence-corrected chi connectivity index (χ4v) is 0.864. The average molecular weight is 160 g/mol. The molecular formula is C9H6NO2. The minimum absolute atomic E-state index is 0.231. The first-order valence-corrected chi connectivity index (χ1v) is 3.29. The first-order valence-electron chi connectivity index (χ1n) is 3.29. The molecule has 59 valence electrons. The zero-order valence-corrected chi connectivity index (χ0v) is 6.23. The van der Waals surface area contributed by atoms with Crippen LogP contribution in [0.25, 0.3) is 0 Å². The van der Waals surface area contributed by atoms with Gasteiger partial charge in [0.25, 0.3) is 5.91 Å². The van der Waals surface area contributed by atoms with E-state index in [9.17, 15) is 9.59 Å². The molecule has 1 amide bonds. The van der Waals surface area contributed by atoms with Gasteiger partial charge < -0.3 is 0 Å². The van der Waals surface area contributed by atoms with Crippen LogP contribution in [0.2, 0.25) is 0 Å². The number of rotatable bonds is 2. The maximum Gasteiger partial charge on any atom is 0.277 e. The molecule has 0 aliphatic rings. The lowest BCUT2D eigenvalue weighted by Gasteiger charge is -1.96. The topological polar surface area (TPSA) is 46.5 Å². The molecule has 0 fully saturated rings. The van der Waals surface area contributed by atoms with Gasteiger partial charge in [-0.05, 0) is 6.07 Å². The van der Waals surface area contributed by atoms with Gasteiger partial charge in [0, 0.05) is 12.3 Å². The zero-order chi connectivity index (χ0) is 8.97. The van der Waals surface area contributed by atoms with E-state index in [2.05, 4.69) is 4.99 Å². The maximum atomic E-state index is 10.9. The Hall–Kier alpha value is -1.77. The van der Waals surface area contributed by atoms with Crippen LogP contribution in [0.3, 0.4) is 0 Å². The highest BCUT2D eigenvalue weighted by molar-refractivity contribution is 6.03. The van der Waals surface area contributed by atoms with E-state index in [1.807, 2.05) is 0 Å². The second-order valence-electron chi connectivity index (χ2n) is 2.14. The van der Waals surface area contributed by atoms with Gasteiger partial charge in [-0.2, -0.15) is 0 Å². The molecule has 3 nitrogen and oxygen atoms in total. The fourth-order valence-electron chi connectivity index (χ4n) is 0.864. The van der Waals surface area contributed by atoms with Crippen LogP contribution in [0.4, 0.5) is 0 Å². The average Bonchev–Trinajstić information content (AvgIpc) is 2.16. The van der Waals surface area contributed by atoms with E-state index < -0.39 is 5.91 Å². The van der Waals surface area contributed by atoms with Crippen LogP contribution in [-0.2, 0) is 0 Å². The summed E-state index contributed by atoms with van der Waals surface area (Å²) in [5.41, 5.74) is 0.534. The van der Waals surface area contributed by atoms with Crippen LogP contribution in [0.5, 0.6) is 0 Å². The molecule has 0 atom stereocenters. The highest BCUT2D eigenvalue weighted by Crippen LogP contribution is 2.06. The summed E-state index contributed by atoms with van der Waals surface area (Å²) in [6, 6.07) is 6.34. The van der Waals surface area contributed by atoms with Crippen molar-refractivity contribution >= 4 is 18.9 Å². The van der Waals surface area contributed by atoms with E-state index in [4.69, 9.17) is 6.72 Å². The Labute approximate surface area is 69.7 Å². The van der Waals surface area contributed by atoms with Gasteiger partial charge >= 0.3 is 0 Å². The number of carbonyl (C=O) groups is 2. The SMILES string of the molecule is [CH]=NC(=O)c1ccccc1C=O. The van der Waals surface area contributed by atoms with Gasteiger partial charge in [0.05, 0.1) is 5.56 Å². The highest BCUT2D eigenvalue weighted by atomic mass is 16.1. The summed E-state index contributed by atoms with van der Waals surface area (Å²) in [6.07, 6.45) is 0.596. The van der Waals surface area contributed by atoms with E-state index in [-0.39, 0.29) is 5.56 Å². The van der Waals surface area contributed by atoms with E-state index in [1.54, 1.807) is 12.1 Å². The predicted octanol–water partition coefficient (Wildman–Crippen LogP) is 1.22. The molecule has 0 unspecified atom stereocenters. The Balaban J connectivity index is 3.21. The van der Waals surface area contributed by atoms with Crippen LogP contribution in [0, 0.1) is 0 Å². The van der Waals surface area contributed by atoms with E-state index >= 15 is 0 Å². The Morgan fingerprint density at radius 3 is 2.67 bits per heavy atom. The van der Waals surface area contributed by atoms with Crippen LogP contribution in [0.15, 0.2) is 29.3 Å². The van der Waals surface area contributed by atoms with Crippen molar-refractivity contribution in [2.45, 2.75) is 0 Å². The standard InChI is InChI=1S/C9H6NO2/c1-10-9(12)8-5-3-2-4-7(8)6-11/h1-6H. The molecule has 0 aliphatic heterocycles. The minimum Gasteiger partial charge on any atom is -0.298 e. The van der Waals surface area contributed by atoms with Gasteiger partial charge in [0.1, 0.15) is 0 Å². The van der Waals surface area contributed by atoms with Crippen molar-refractivity contribution in [3.05, 3.63) is 35.4 Å². The third-order valence-electron chi connectivity index (χ3n) is 1.44. The smallest absolute Gasteiger partial charge is 0.277 e. The molecule has 0 aliphatic carbocycles. The zero-order valence-electron chi connectivity index (χ0n) is 6.23. The number of aliphatic imine (C=N–C) groups is 1. The Kier molecular flexibility index (Phi) is 2.48. The number of aldehydes is 1. The largest absolute Gasteiger partial charge is 0.298 e. The number of hydrogen-bond acceptors (Lipinski definition) is 2. The Morgan fingerprint density at radius 1 is 1.42 bits per heavy atom. The molecular weight excluding hydrogens is 154 g/mol. The lowest BCUT2D eigenvalue weighted by Crippen LogP contribution is -1.98. The summed E-state index contributed by atoms with van der Waals surface area (Å²) in [5.74, 6) is -0.585. The second-order valence-corrected chi connectivity index (χ2v) is 2.14. The summed E-state index contributed by atoms with van der Waals surface area (Å²) < 4.78 is 0. The summed E-state index contributed by atoms with van der Waals surface area (Å²) in [4.78, 5) is 24.3. The Morgan fingerprint density at radius 2 is 2.08 bits per heavy atom. The van der Waals surface area contributed by atoms with Gasteiger partial charge in [0.2, 0.25) is 0 Å². The van der Waals surface area contributed by atoms with Crippen molar-refractivity contribution in [3.8, 4) is 0 Å². The first kappa shape index (κ1) is 8.33. The lowest BCUT2D eigenvalue weighted by molar-refractivity contribution is 0.0996. The van der Waals surface area contributed by atoms with Crippen LogP contribution in [-0.4, -0.2) is 18.9 Å². The molecule has 0 spiro atoms. The minimum atomic E-state index is -0.585. The molecule has 0 N–H and O–H groups in total. The van der Waals surface area contributed by atoms with Crippen LogP contribution >= 0.6 is 0 Å². The van der Waals surface area contributed by atoms with Crippen molar-refractivity contribution in [2.24, 2.45) is 4.99 Å². The van der Waals surface area contributed by atoms with Crippen molar-refractivity contribution in [1.82, 2.24) is 0 Å². The van der Waals surface area contributed by atoms with Gasteiger partial charge in [-0.15, -0.1) is 0 Å². The van der Waals surface area contributed by atoms with Gasteiger partial charge in [-0.25, -0.2) is 4.99 Å². The molecule has 0 saturated heterocycles. The fraction of sp³-hybridized carbons (Fsp3) is 0. The number of carbonyl (C=O) groups excluding carboxylic acids is 2. The summed E-state index contributed by atoms with van der Waals surface area (Å²) in [6.45, 7) is 4.79. The second kappa shape index (κ2) is 3.57. The number of benzene rings is 1. The highest BCUT2D eigenvalue weighted by Gasteiger charge is 2.06. The van der Waals surface area contributed by atoms with Crippen molar-refractivity contribution < 1.29 is 9.59 Å². The van der Waals surface area contributed by atoms with E-state index in [0.717, 1.165) is 0 Å². The number of amides is 1. The normalized spacial score (nSPS) is 9.00. The van der Waals surface area contributed by atoms with Crippen molar-refractivity contribution in [3.63, 3.8) is 0 Å². The lowest BCUT2D eigenvalue weighted by atomic mass is 10.1. The summed E-state index contributed by atoms with van der Waals surface area (Å²) >= 11 is 0. The molecule has 0 saturated carbocycles. The van der Waals surface area contributed by atoms with E-state index in [1.165, 1.54) is 12.1 Å². The quantitative estimate of drug-likeness (QED) is 0.482. The third-order valence-corrected chi connectivity index (χ3v) is 1.44. The van der Waals surface area contributed by atoms with Gasteiger partial charge in [0.15, 0.2) is 6.29 Å².